The molecule has 1 aromatic heterocycles. The van der Waals surface area contributed by atoms with Gasteiger partial charge in [-0.15, -0.1) is 0 Å². The second-order valence-electron chi connectivity index (χ2n) is 5.91. The molecule has 1 heterocycles. The van der Waals surface area contributed by atoms with Crippen molar-refractivity contribution >= 4 is 22.7 Å². The molecule has 7 nitrogen and oxygen atoms in total. The molecule has 0 aliphatic carbocycles. The summed E-state index contributed by atoms with van der Waals surface area (Å²) < 4.78 is 26.6. The molecule has 28 heavy (non-hydrogen) atoms. The minimum atomic E-state index is -0.632. The van der Waals surface area contributed by atoms with Gasteiger partial charge in [0.05, 0.1) is 39.4 Å². The lowest BCUT2D eigenvalue weighted by Crippen LogP contribution is -2.10. The topological polar surface area (TPSA) is 84.2 Å². The zero-order valence-corrected chi connectivity index (χ0v) is 16.0. The molecule has 0 atom stereocenters. The highest BCUT2D eigenvalue weighted by Crippen LogP contribution is 2.41. The number of esters is 1. The molecule has 2 aromatic carbocycles. The molecule has 0 saturated carbocycles. The van der Waals surface area contributed by atoms with E-state index < -0.39 is 18.2 Å². The Kier molecular flexibility index (Phi) is 5.54. The van der Waals surface area contributed by atoms with Gasteiger partial charge in [-0.1, -0.05) is 0 Å². The SMILES string of the molecule is COC(=O)CC(=O)c1c(-c2ccc(OC)cc2)oc2cc(OC)cc(OC)c12. The van der Waals surface area contributed by atoms with E-state index in [0.717, 1.165) is 0 Å². The zero-order chi connectivity index (χ0) is 20.3. The molecular weight excluding hydrogens is 364 g/mol. The van der Waals surface area contributed by atoms with Gasteiger partial charge in [0, 0.05) is 17.7 Å². The van der Waals surface area contributed by atoms with Crippen LogP contribution in [0.15, 0.2) is 40.8 Å². The summed E-state index contributed by atoms with van der Waals surface area (Å²) in [5.41, 5.74) is 1.33. The number of ketones is 1. The average Bonchev–Trinajstić information content (AvgIpc) is 3.12. The highest BCUT2D eigenvalue weighted by atomic mass is 16.5. The number of fused-ring (bicyclic) bond motifs is 1. The minimum Gasteiger partial charge on any atom is -0.497 e. The van der Waals surface area contributed by atoms with Crippen molar-refractivity contribution in [3.05, 3.63) is 42.0 Å². The molecule has 7 heteroatoms. The largest absolute Gasteiger partial charge is 0.497 e. The summed E-state index contributed by atoms with van der Waals surface area (Å²) in [7, 11) is 5.82. The van der Waals surface area contributed by atoms with Gasteiger partial charge in [-0.2, -0.15) is 0 Å². The van der Waals surface area contributed by atoms with Crippen molar-refractivity contribution < 1.29 is 33.0 Å². The van der Waals surface area contributed by atoms with Gasteiger partial charge in [0.1, 0.15) is 35.0 Å². The maximum absolute atomic E-state index is 13.0. The monoisotopic (exact) mass is 384 g/mol. The molecule has 0 fully saturated rings. The number of rotatable bonds is 7. The predicted octanol–water partition coefficient (Wildman–Crippen LogP) is 3.87. The summed E-state index contributed by atoms with van der Waals surface area (Å²) in [5, 5.41) is 0.475. The van der Waals surface area contributed by atoms with Crippen molar-refractivity contribution in [2.75, 3.05) is 28.4 Å². The number of benzene rings is 2. The number of furan rings is 1. The van der Waals surface area contributed by atoms with Crippen LogP contribution in [0.25, 0.3) is 22.3 Å². The molecule has 3 aromatic rings. The van der Waals surface area contributed by atoms with Crippen LogP contribution < -0.4 is 14.2 Å². The van der Waals surface area contributed by atoms with Crippen molar-refractivity contribution in [1.29, 1.82) is 0 Å². The van der Waals surface area contributed by atoms with Gasteiger partial charge in [0.25, 0.3) is 0 Å². The van der Waals surface area contributed by atoms with Gasteiger partial charge in [0.2, 0.25) is 0 Å². The molecule has 146 valence electrons. The molecule has 3 rings (SSSR count). The molecule has 0 N–H and O–H groups in total. The van der Waals surface area contributed by atoms with E-state index in [1.54, 1.807) is 43.5 Å². The summed E-state index contributed by atoms with van der Waals surface area (Å²) in [6.45, 7) is 0. The summed E-state index contributed by atoms with van der Waals surface area (Å²) in [6.07, 6.45) is -0.413. The fourth-order valence-corrected chi connectivity index (χ4v) is 2.95. The Balaban J connectivity index is 2.27. The van der Waals surface area contributed by atoms with Crippen LogP contribution in [0.2, 0.25) is 0 Å². The fraction of sp³-hybridized carbons (Fsp3) is 0.238. The third kappa shape index (κ3) is 3.51. The minimum absolute atomic E-state index is 0.255. The highest BCUT2D eigenvalue weighted by Gasteiger charge is 2.27. The molecule has 0 aliphatic heterocycles. The fourth-order valence-electron chi connectivity index (χ4n) is 2.95. The van der Waals surface area contributed by atoms with E-state index in [0.29, 0.717) is 39.5 Å². The number of hydrogen-bond acceptors (Lipinski definition) is 7. The van der Waals surface area contributed by atoms with E-state index in [-0.39, 0.29) is 5.56 Å². The van der Waals surface area contributed by atoms with E-state index >= 15 is 0 Å². The number of methoxy groups -OCH3 is 4. The highest BCUT2D eigenvalue weighted by molar-refractivity contribution is 6.18. The number of ether oxygens (including phenoxy) is 4. The lowest BCUT2D eigenvalue weighted by atomic mass is 9.99. The van der Waals surface area contributed by atoms with Crippen molar-refractivity contribution in [1.82, 2.24) is 0 Å². The third-order valence-corrected chi connectivity index (χ3v) is 4.35. The Morgan fingerprint density at radius 2 is 1.57 bits per heavy atom. The van der Waals surface area contributed by atoms with E-state index in [4.69, 9.17) is 18.6 Å². The zero-order valence-electron chi connectivity index (χ0n) is 16.0. The maximum Gasteiger partial charge on any atom is 0.313 e. The van der Waals surface area contributed by atoms with E-state index in [9.17, 15) is 9.59 Å². The Hall–Kier alpha value is -3.48. The maximum atomic E-state index is 13.0. The van der Waals surface area contributed by atoms with Gasteiger partial charge in [-0.25, -0.2) is 0 Å². The van der Waals surface area contributed by atoms with Crippen LogP contribution in [-0.4, -0.2) is 40.2 Å². The van der Waals surface area contributed by atoms with E-state index in [1.807, 2.05) is 0 Å². The molecule has 0 aliphatic rings. The van der Waals surface area contributed by atoms with Crippen LogP contribution >= 0.6 is 0 Å². The smallest absolute Gasteiger partial charge is 0.313 e. The van der Waals surface area contributed by atoms with Crippen LogP contribution in [0.4, 0.5) is 0 Å². The summed E-state index contributed by atoms with van der Waals surface area (Å²) in [4.78, 5) is 24.7. The van der Waals surface area contributed by atoms with Gasteiger partial charge in [-0.05, 0) is 24.3 Å². The van der Waals surface area contributed by atoms with Crippen LogP contribution in [0.5, 0.6) is 17.2 Å². The first-order valence-corrected chi connectivity index (χ1v) is 8.45. The Morgan fingerprint density at radius 1 is 0.893 bits per heavy atom. The van der Waals surface area contributed by atoms with Crippen LogP contribution in [0.1, 0.15) is 16.8 Å². The first kappa shape index (κ1) is 19.3. The molecular formula is C21H20O7. The standard InChI is InChI=1S/C21H20O7/c1-24-13-7-5-12(6-8-13)21-19(15(22)11-18(23)27-4)20-16(26-3)9-14(25-2)10-17(20)28-21/h5-10H,11H2,1-4H3. The van der Waals surface area contributed by atoms with E-state index in [2.05, 4.69) is 4.74 Å². The third-order valence-electron chi connectivity index (χ3n) is 4.35. The Morgan fingerprint density at radius 3 is 2.14 bits per heavy atom. The second kappa shape index (κ2) is 8.04. The molecule has 0 amide bonds. The number of Topliss-reactive ketones (excluding diaryl/α,β-unsaturated/α-hetero) is 1. The summed E-state index contributed by atoms with van der Waals surface area (Å²) in [5.74, 6) is 0.865. The van der Waals surface area contributed by atoms with Crippen LogP contribution in [-0.2, 0) is 9.53 Å². The number of carbonyl (C=O) groups excluding carboxylic acids is 2. The lowest BCUT2D eigenvalue weighted by Gasteiger charge is -2.07. The van der Waals surface area contributed by atoms with Gasteiger partial charge in [0.15, 0.2) is 5.78 Å². The van der Waals surface area contributed by atoms with Crippen molar-refractivity contribution in [3.8, 4) is 28.6 Å². The Labute approximate surface area is 161 Å². The van der Waals surface area contributed by atoms with Gasteiger partial charge >= 0.3 is 5.97 Å². The summed E-state index contributed by atoms with van der Waals surface area (Å²) >= 11 is 0. The van der Waals surface area contributed by atoms with E-state index in [1.165, 1.54) is 21.3 Å². The van der Waals surface area contributed by atoms with Crippen molar-refractivity contribution in [2.24, 2.45) is 0 Å². The molecule has 0 radical (unpaired) electrons. The number of hydrogen-bond donors (Lipinski definition) is 0. The van der Waals surface area contributed by atoms with Gasteiger partial charge < -0.3 is 23.4 Å². The van der Waals surface area contributed by atoms with Crippen LogP contribution in [0.3, 0.4) is 0 Å². The normalized spacial score (nSPS) is 10.6. The Bertz CT molecular complexity index is 1020. The number of carbonyl (C=O) groups is 2. The van der Waals surface area contributed by atoms with Crippen LogP contribution in [0, 0.1) is 0 Å². The lowest BCUT2D eigenvalue weighted by molar-refractivity contribution is -0.139. The summed E-state index contributed by atoms with van der Waals surface area (Å²) in [6, 6.07) is 10.4. The molecule has 0 spiro atoms. The second-order valence-corrected chi connectivity index (χ2v) is 5.91. The molecule has 0 unspecified atom stereocenters. The van der Waals surface area contributed by atoms with Crippen molar-refractivity contribution in [3.63, 3.8) is 0 Å². The first-order chi connectivity index (χ1) is 13.5. The molecule has 0 saturated heterocycles. The first-order valence-electron chi connectivity index (χ1n) is 8.45. The predicted molar refractivity (Wildman–Crippen MR) is 102 cm³/mol. The molecule has 0 bridgehead atoms. The quantitative estimate of drug-likeness (QED) is 0.347. The van der Waals surface area contributed by atoms with Gasteiger partial charge in [-0.3, -0.25) is 9.59 Å². The average molecular weight is 384 g/mol. The van der Waals surface area contributed by atoms with Crippen molar-refractivity contribution in [2.45, 2.75) is 6.42 Å².